The van der Waals surface area contributed by atoms with Crippen LogP contribution in [-0.4, -0.2) is 53.3 Å². The number of nitrogens with zero attached hydrogens (tertiary/aromatic N) is 3. The topological polar surface area (TPSA) is 53.5 Å². The van der Waals surface area contributed by atoms with Crippen LogP contribution < -0.4 is 0 Å². The van der Waals surface area contributed by atoms with Crippen LogP contribution in [0.1, 0.15) is 50.2 Å². The molecule has 0 aliphatic carbocycles. The van der Waals surface area contributed by atoms with Crippen molar-refractivity contribution < 1.29 is 14.0 Å². The number of hydrogen-bond acceptors (Lipinski definition) is 4. The van der Waals surface area contributed by atoms with Crippen molar-refractivity contribution in [3.63, 3.8) is 0 Å². The normalized spacial score (nSPS) is 14.3. The van der Waals surface area contributed by atoms with Crippen molar-refractivity contribution in [3.8, 4) is 0 Å². The van der Waals surface area contributed by atoms with Gasteiger partial charge >= 0.3 is 0 Å². The van der Waals surface area contributed by atoms with Gasteiger partial charge in [0.25, 0.3) is 11.8 Å². The van der Waals surface area contributed by atoms with Gasteiger partial charge < -0.3 is 9.80 Å². The molecule has 1 aliphatic rings. The van der Waals surface area contributed by atoms with Crippen LogP contribution >= 0.6 is 22.9 Å². The highest BCUT2D eigenvalue weighted by Gasteiger charge is 2.29. The van der Waals surface area contributed by atoms with Crippen LogP contribution in [0.5, 0.6) is 0 Å². The molecule has 1 fully saturated rings. The van der Waals surface area contributed by atoms with Crippen molar-refractivity contribution >= 4 is 34.8 Å². The Labute approximate surface area is 201 Å². The van der Waals surface area contributed by atoms with Crippen LogP contribution in [0.4, 0.5) is 4.39 Å². The van der Waals surface area contributed by atoms with Gasteiger partial charge in [0, 0.05) is 38.0 Å². The number of amides is 2. The molecular formula is C25H25ClFN3O2S. The van der Waals surface area contributed by atoms with Crippen LogP contribution in [-0.2, 0) is 6.42 Å². The molecule has 0 spiro atoms. The van der Waals surface area contributed by atoms with E-state index < -0.39 is 5.82 Å². The fourth-order valence-electron chi connectivity index (χ4n) is 4.00. The fraction of sp³-hybridized carbons (Fsp3) is 0.320. The number of piperidine rings is 1. The molecule has 3 aromatic rings. The zero-order chi connectivity index (χ0) is 23.4. The van der Waals surface area contributed by atoms with Crippen molar-refractivity contribution in [1.82, 2.24) is 14.8 Å². The van der Waals surface area contributed by atoms with Gasteiger partial charge in [-0.25, -0.2) is 9.37 Å². The zero-order valence-corrected chi connectivity index (χ0v) is 19.9. The van der Waals surface area contributed by atoms with Gasteiger partial charge in [0.15, 0.2) is 0 Å². The van der Waals surface area contributed by atoms with Crippen molar-refractivity contribution in [1.29, 1.82) is 0 Å². The second-order valence-corrected chi connectivity index (χ2v) is 9.49. The summed E-state index contributed by atoms with van der Waals surface area (Å²) in [6.07, 6.45) is 2.21. The van der Waals surface area contributed by atoms with Gasteiger partial charge in [-0.05, 0) is 37.0 Å². The van der Waals surface area contributed by atoms with Crippen LogP contribution in [0.25, 0.3) is 0 Å². The Hall–Kier alpha value is -2.77. The fourth-order valence-corrected chi connectivity index (χ4v) is 5.21. The molecule has 8 heteroatoms. The first-order chi connectivity index (χ1) is 15.9. The van der Waals surface area contributed by atoms with Gasteiger partial charge in [-0.15, -0.1) is 11.3 Å². The van der Waals surface area contributed by atoms with Gasteiger partial charge in [-0.2, -0.15) is 0 Å². The third-order valence-electron chi connectivity index (χ3n) is 5.97. The summed E-state index contributed by atoms with van der Waals surface area (Å²) in [5.41, 5.74) is 1.58. The number of aromatic nitrogens is 1. The van der Waals surface area contributed by atoms with Crippen LogP contribution in [0.15, 0.2) is 53.9 Å². The summed E-state index contributed by atoms with van der Waals surface area (Å²) in [7, 11) is 1.79. The molecule has 2 aromatic carbocycles. The molecule has 5 nitrogen and oxygen atoms in total. The van der Waals surface area contributed by atoms with E-state index in [-0.39, 0.29) is 28.3 Å². The van der Waals surface area contributed by atoms with Crippen molar-refractivity contribution in [2.75, 3.05) is 26.7 Å². The Kier molecular flexibility index (Phi) is 7.40. The lowest BCUT2D eigenvalue weighted by molar-refractivity contribution is 0.0708. The maximum atomic E-state index is 14.1. The predicted molar refractivity (Wildman–Crippen MR) is 129 cm³/mol. The minimum absolute atomic E-state index is 0.0710. The van der Waals surface area contributed by atoms with Gasteiger partial charge in [0.1, 0.15) is 11.5 Å². The molecule has 0 atom stereocenters. The van der Waals surface area contributed by atoms with Crippen LogP contribution in [0.3, 0.4) is 0 Å². The number of carbonyl (C=O) groups is 2. The molecule has 0 N–H and O–H groups in total. The number of halogens is 2. The second-order valence-electron chi connectivity index (χ2n) is 8.20. The Balaban J connectivity index is 1.33. The average Bonchev–Trinajstić information content (AvgIpc) is 3.33. The van der Waals surface area contributed by atoms with Gasteiger partial charge in [0.2, 0.25) is 0 Å². The standard InChI is InChI=1S/C25H25ClFN3O2S/c1-29(13-10-17-6-3-2-4-7-17)24(31)21-16-33-23(28-21)18-11-14-30(15-12-18)25(32)22-19(26)8-5-9-20(22)27/h2-9,16,18H,10-15H2,1H3. The van der Waals surface area contributed by atoms with Gasteiger partial charge in [-0.1, -0.05) is 48.0 Å². The Morgan fingerprint density at radius 3 is 2.58 bits per heavy atom. The number of likely N-dealkylation sites (N-methyl/N-ethyl adjacent to an activating group) is 1. The minimum atomic E-state index is -0.603. The summed E-state index contributed by atoms with van der Waals surface area (Å²) in [5, 5.41) is 2.85. The van der Waals surface area contributed by atoms with Crippen molar-refractivity contribution in [2.45, 2.75) is 25.2 Å². The lowest BCUT2D eigenvalue weighted by Gasteiger charge is -2.31. The summed E-state index contributed by atoms with van der Waals surface area (Å²) in [5.74, 6) is -0.901. The first-order valence-corrected chi connectivity index (χ1v) is 12.2. The number of benzene rings is 2. The molecule has 0 bridgehead atoms. The maximum absolute atomic E-state index is 14.1. The SMILES string of the molecule is CN(CCc1ccccc1)C(=O)c1csc(C2CCN(C(=O)c3c(F)cccc3Cl)CC2)n1. The highest BCUT2D eigenvalue weighted by molar-refractivity contribution is 7.09. The second kappa shape index (κ2) is 10.4. The Morgan fingerprint density at radius 1 is 1.15 bits per heavy atom. The van der Waals surface area contributed by atoms with Crippen LogP contribution in [0.2, 0.25) is 5.02 Å². The summed E-state index contributed by atoms with van der Waals surface area (Å²) in [6, 6.07) is 14.3. The molecule has 2 amide bonds. The molecule has 0 unspecified atom stereocenters. The van der Waals surface area contributed by atoms with Crippen molar-refractivity contribution in [2.24, 2.45) is 0 Å². The van der Waals surface area contributed by atoms with E-state index >= 15 is 0 Å². The quantitative estimate of drug-likeness (QED) is 0.478. The number of rotatable bonds is 6. The largest absolute Gasteiger partial charge is 0.340 e. The molecular weight excluding hydrogens is 461 g/mol. The molecule has 0 radical (unpaired) electrons. The van der Waals surface area contributed by atoms with E-state index in [4.69, 9.17) is 11.6 Å². The number of hydrogen-bond donors (Lipinski definition) is 0. The van der Waals surface area contributed by atoms with Gasteiger partial charge in [0.05, 0.1) is 15.6 Å². The maximum Gasteiger partial charge on any atom is 0.273 e. The minimum Gasteiger partial charge on any atom is -0.340 e. The molecule has 1 aliphatic heterocycles. The molecule has 172 valence electrons. The smallest absolute Gasteiger partial charge is 0.273 e. The van der Waals surface area contributed by atoms with E-state index in [9.17, 15) is 14.0 Å². The molecule has 0 saturated carbocycles. The predicted octanol–water partition coefficient (Wildman–Crippen LogP) is 5.27. The van der Waals surface area contributed by atoms with E-state index in [0.717, 1.165) is 11.4 Å². The summed E-state index contributed by atoms with van der Waals surface area (Å²) in [4.78, 5) is 33.5. The molecule has 4 rings (SSSR count). The van der Waals surface area contributed by atoms with E-state index in [0.29, 0.717) is 38.2 Å². The summed E-state index contributed by atoms with van der Waals surface area (Å²) >= 11 is 7.54. The Morgan fingerprint density at radius 2 is 1.88 bits per heavy atom. The van der Waals surface area contributed by atoms with Crippen molar-refractivity contribution in [3.05, 3.63) is 86.6 Å². The van der Waals surface area contributed by atoms with Crippen LogP contribution in [0, 0.1) is 5.82 Å². The van der Waals surface area contributed by atoms with E-state index in [1.165, 1.54) is 35.1 Å². The summed E-state index contributed by atoms with van der Waals surface area (Å²) < 4.78 is 14.1. The number of carbonyl (C=O) groups excluding carboxylic acids is 2. The van der Waals surface area contributed by atoms with E-state index in [1.54, 1.807) is 16.8 Å². The Bertz CT molecular complexity index is 1110. The first kappa shape index (κ1) is 23.4. The highest BCUT2D eigenvalue weighted by atomic mass is 35.5. The third kappa shape index (κ3) is 5.42. The zero-order valence-electron chi connectivity index (χ0n) is 18.3. The van der Waals surface area contributed by atoms with Gasteiger partial charge in [-0.3, -0.25) is 9.59 Å². The monoisotopic (exact) mass is 485 g/mol. The van der Waals surface area contributed by atoms with E-state index in [1.807, 2.05) is 23.6 Å². The summed E-state index contributed by atoms with van der Waals surface area (Å²) in [6.45, 7) is 1.61. The molecule has 2 heterocycles. The lowest BCUT2D eigenvalue weighted by atomic mass is 9.97. The number of likely N-dealkylation sites (tertiary alicyclic amines) is 1. The number of thiazole rings is 1. The third-order valence-corrected chi connectivity index (χ3v) is 7.30. The molecule has 1 saturated heterocycles. The first-order valence-electron chi connectivity index (χ1n) is 10.9. The molecule has 1 aromatic heterocycles. The van der Waals surface area contributed by atoms with E-state index in [2.05, 4.69) is 17.1 Å². The highest BCUT2D eigenvalue weighted by Crippen LogP contribution is 2.32. The average molecular weight is 486 g/mol. The molecule has 33 heavy (non-hydrogen) atoms. The lowest BCUT2D eigenvalue weighted by Crippen LogP contribution is -2.38.